The average Bonchev–Trinajstić information content (AvgIpc) is 2.83. The molecule has 2 aromatic carbocycles. The summed E-state index contributed by atoms with van der Waals surface area (Å²) in [5.41, 5.74) is 1.40. The van der Waals surface area contributed by atoms with E-state index >= 15 is 0 Å². The van der Waals surface area contributed by atoms with Gasteiger partial charge in [-0.3, -0.25) is 0 Å². The van der Waals surface area contributed by atoms with Crippen molar-refractivity contribution in [1.29, 1.82) is 0 Å². The lowest BCUT2D eigenvalue weighted by molar-refractivity contribution is -0.137. The van der Waals surface area contributed by atoms with Crippen LogP contribution in [0, 0.1) is 0 Å². The van der Waals surface area contributed by atoms with Crippen LogP contribution < -0.4 is 0 Å². The minimum Gasteiger partial charge on any atom is -0.353 e. The van der Waals surface area contributed by atoms with Gasteiger partial charge in [0, 0.05) is 11.1 Å². The van der Waals surface area contributed by atoms with Crippen molar-refractivity contribution in [2.24, 2.45) is 0 Å². The molecule has 0 atom stereocenters. The maximum Gasteiger partial charge on any atom is 0.416 e. The minimum atomic E-state index is -4.40. The number of rotatable bonds is 1. The average molecular weight is 296 g/mol. The third-order valence-corrected chi connectivity index (χ3v) is 3.39. The van der Waals surface area contributed by atoms with Crippen LogP contribution in [0.1, 0.15) is 5.56 Å². The first-order valence-electron chi connectivity index (χ1n) is 5.90. The molecule has 0 aliphatic heterocycles. The molecular formula is C15H9ClF3N. The van der Waals surface area contributed by atoms with Crippen molar-refractivity contribution in [2.75, 3.05) is 0 Å². The summed E-state index contributed by atoms with van der Waals surface area (Å²) in [6.45, 7) is 0. The Morgan fingerprint density at radius 2 is 1.65 bits per heavy atom. The molecule has 0 saturated heterocycles. The van der Waals surface area contributed by atoms with Gasteiger partial charge in [-0.05, 0) is 23.8 Å². The second-order valence-electron chi connectivity index (χ2n) is 4.47. The maximum atomic E-state index is 12.8. The summed E-state index contributed by atoms with van der Waals surface area (Å²) in [7, 11) is 0. The molecular weight excluding hydrogens is 287 g/mol. The van der Waals surface area contributed by atoms with E-state index < -0.39 is 11.7 Å². The molecule has 0 unspecified atom stereocenters. The highest BCUT2D eigenvalue weighted by Gasteiger charge is 2.31. The smallest absolute Gasteiger partial charge is 0.353 e. The van der Waals surface area contributed by atoms with E-state index in [0.29, 0.717) is 10.9 Å². The zero-order valence-corrected chi connectivity index (χ0v) is 10.9. The normalized spacial score (nSPS) is 12.0. The van der Waals surface area contributed by atoms with Crippen LogP contribution in [-0.4, -0.2) is 4.98 Å². The molecule has 1 heterocycles. The van der Waals surface area contributed by atoms with Gasteiger partial charge in [0.25, 0.3) is 0 Å². The van der Waals surface area contributed by atoms with E-state index in [1.54, 1.807) is 6.07 Å². The van der Waals surface area contributed by atoms with E-state index in [4.69, 9.17) is 11.6 Å². The monoisotopic (exact) mass is 295 g/mol. The van der Waals surface area contributed by atoms with Crippen LogP contribution in [0.5, 0.6) is 0 Å². The predicted octanol–water partition coefficient (Wildman–Crippen LogP) is 5.51. The first kappa shape index (κ1) is 13.1. The van der Waals surface area contributed by atoms with E-state index in [0.717, 1.165) is 23.4 Å². The van der Waals surface area contributed by atoms with Crippen LogP contribution in [0.4, 0.5) is 13.2 Å². The van der Waals surface area contributed by atoms with Crippen LogP contribution in [0.15, 0.2) is 48.5 Å². The molecule has 20 heavy (non-hydrogen) atoms. The molecule has 5 heteroatoms. The van der Waals surface area contributed by atoms with Crippen LogP contribution in [0.3, 0.4) is 0 Å². The SMILES string of the molecule is FC(F)(F)c1cc(Cl)c2[nH]c(-c3ccccc3)cc2c1. The standard InChI is InChI=1S/C15H9ClF3N/c16-12-8-11(15(17,18)19)6-10-7-13(20-14(10)12)9-4-2-1-3-5-9/h1-8,20H. The Bertz CT molecular complexity index is 760. The van der Waals surface area contributed by atoms with Crippen LogP contribution in [0.25, 0.3) is 22.2 Å². The van der Waals surface area contributed by atoms with Gasteiger partial charge >= 0.3 is 6.18 Å². The fraction of sp³-hybridized carbons (Fsp3) is 0.0667. The number of alkyl halides is 3. The Kier molecular flexibility index (Phi) is 2.98. The molecule has 0 aliphatic rings. The van der Waals surface area contributed by atoms with Crippen molar-refractivity contribution >= 4 is 22.5 Å². The lowest BCUT2D eigenvalue weighted by Gasteiger charge is -2.07. The van der Waals surface area contributed by atoms with Crippen LogP contribution in [0.2, 0.25) is 5.02 Å². The van der Waals surface area contributed by atoms with Crippen molar-refractivity contribution in [3.05, 3.63) is 59.1 Å². The molecule has 0 spiro atoms. The van der Waals surface area contributed by atoms with Gasteiger partial charge < -0.3 is 4.98 Å². The quantitative estimate of drug-likeness (QED) is 0.609. The number of H-pyrrole nitrogens is 1. The summed E-state index contributed by atoms with van der Waals surface area (Å²) in [6.07, 6.45) is -4.40. The van der Waals surface area contributed by atoms with Crippen molar-refractivity contribution < 1.29 is 13.2 Å². The number of aromatic amines is 1. The molecule has 0 amide bonds. The fourth-order valence-corrected chi connectivity index (χ4v) is 2.41. The van der Waals surface area contributed by atoms with E-state index in [-0.39, 0.29) is 5.02 Å². The Morgan fingerprint density at radius 3 is 2.30 bits per heavy atom. The number of aromatic nitrogens is 1. The number of benzene rings is 2. The summed E-state index contributed by atoms with van der Waals surface area (Å²) < 4.78 is 38.3. The number of hydrogen-bond donors (Lipinski definition) is 1. The highest BCUT2D eigenvalue weighted by Crippen LogP contribution is 2.36. The first-order valence-corrected chi connectivity index (χ1v) is 6.28. The zero-order valence-electron chi connectivity index (χ0n) is 10.1. The topological polar surface area (TPSA) is 15.8 Å². The van der Waals surface area contributed by atoms with Gasteiger partial charge in [0.05, 0.1) is 16.1 Å². The Labute approximate surface area is 118 Å². The summed E-state index contributed by atoms with van der Waals surface area (Å²) in [5.74, 6) is 0. The van der Waals surface area contributed by atoms with Gasteiger partial charge in [0.2, 0.25) is 0 Å². The van der Waals surface area contributed by atoms with Gasteiger partial charge in [-0.1, -0.05) is 41.9 Å². The molecule has 0 bridgehead atoms. The molecule has 0 saturated carbocycles. The molecule has 102 valence electrons. The molecule has 1 aromatic heterocycles. The Morgan fingerprint density at radius 1 is 0.950 bits per heavy atom. The zero-order chi connectivity index (χ0) is 14.3. The maximum absolute atomic E-state index is 12.8. The van der Waals surface area contributed by atoms with Crippen molar-refractivity contribution in [2.45, 2.75) is 6.18 Å². The lowest BCUT2D eigenvalue weighted by Crippen LogP contribution is -2.04. The summed E-state index contributed by atoms with van der Waals surface area (Å²) in [6, 6.07) is 13.1. The Hall–Kier alpha value is -1.94. The van der Waals surface area contributed by atoms with Crippen LogP contribution in [-0.2, 0) is 6.18 Å². The molecule has 1 N–H and O–H groups in total. The number of nitrogens with one attached hydrogen (secondary N) is 1. The number of halogens is 4. The van der Waals surface area contributed by atoms with Crippen LogP contribution >= 0.6 is 11.6 Å². The van der Waals surface area contributed by atoms with Crippen molar-refractivity contribution in [3.63, 3.8) is 0 Å². The predicted molar refractivity (Wildman–Crippen MR) is 73.7 cm³/mol. The van der Waals surface area contributed by atoms with Crippen molar-refractivity contribution in [3.8, 4) is 11.3 Å². The molecule has 0 radical (unpaired) electrons. The van der Waals surface area contributed by atoms with Gasteiger partial charge in [-0.2, -0.15) is 13.2 Å². The molecule has 0 fully saturated rings. The second kappa shape index (κ2) is 4.56. The van der Waals surface area contributed by atoms with E-state index in [1.165, 1.54) is 0 Å². The second-order valence-corrected chi connectivity index (χ2v) is 4.88. The summed E-state index contributed by atoms with van der Waals surface area (Å²) in [5, 5.41) is 0.515. The molecule has 3 aromatic rings. The summed E-state index contributed by atoms with van der Waals surface area (Å²) in [4.78, 5) is 3.06. The van der Waals surface area contributed by atoms with Gasteiger partial charge in [-0.15, -0.1) is 0 Å². The van der Waals surface area contributed by atoms with Crippen molar-refractivity contribution in [1.82, 2.24) is 4.98 Å². The molecule has 3 rings (SSSR count). The van der Waals surface area contributed by atoms with Gasteiger partial charge in [-0.25, -0.2) is 0 Å². The minimum absolute atomic E-state index is 0.0667. The number of hydrogen-bond acceptors (Lipinski definition) is 0. The highest BCUT2D eigenvalue weighted by atomic mass is 35.5. The molecule has 1 nitrogen and oxygen atoms in total. The van der Waals surface area contributed by atoms with E-state index in [9.17, 15) is 13.2 Å². The van der Waals surface area contributed by atoms with Gasteiger partial charge in [0.15, 0.2) is 0 Å². The van der Waals surface area contributed by atoms with Gasteiger partial charge in [0.1, 0.15) is 0 Å². The largest absolute Gasteiger partial charge is 0.416 e. The molecule has 0 aliphatic carbocycles. The Balaban J connectivity index is 2.19. The third kappa shape index (κ3) is 2.27. The summed E-state index contributed by atoms with van der Waals surface area (Å²) >= 11 is 5.94. The van der Waals surface area contributed by atoms with E-state index in [1.807, 2.05) is 30.3 Å². The first-order chi connectivity index (χ1) is 9.45. The highest BCUT2D eigenvalue weighted by molar-refractivity contribution is 6.35. The third-order valence-electron chi connectivity index (χ3n) is 3.09. The lowest BCUT2D eigenvalue weighted by atomic mass is 10.1. The van der Waals surface area contributed by atoms with E-state index in [2.05, 4.69) is 4.98 Å². The number of fused-ring (bicyclic) bond motifs is 1. The fourth-order valence-electron chi connectivity index (χ4n) is 2.14.